The molecule has 0 unspecified atom stereocenters. The number of rotatable bonds is 13. The van der Waals surface area contributed by atoms with Crippen LogP contribution in [0.2, 0.25) is 0 Å². The highest BCUT2D eigenvalue weighted by molar-refractivity contribution is 5.48. The molecule has 0 saturated heterocycles. The fraction of sp³-hybridized carbons (Fsp3) is 0.927. The fourth-order valence-electron chi connectivity index (χ4n) is 13.4. The van der Waals surface area contributed by atoms with Crippen LogP contribution < -0.4 is 0 Å². The van der Waals surface area contributed by atoms with Gasteiger partial charge in [-0.15, -0.1) is 0 Å². The van der Waals surface area contributed by atoms with Crippen LogP contribution in [-0.4, -0.2) is 19.0 Å². The van der Waals surface area contributed by atoms with Gasteiger partial charge in [-0.05, 0) is 141 Å². The molecule has 2 heteroatoms. The lowest BCUT2D eigenvalue weighted by Crippen LogP contribution is -2.66. The monoisotopic (exact) mass is 595 g/mol. The molecule has 246 valence electrons. The number of hydrogen-bond acceptors (Lipinski definition) is 2. The van der Waals surface area contributed by atoms with E-state index in [4.69, 9.17) is 4.74 Å². The van der Waals surface area contributed by atoms with Gasteiger partial charge in [-0.1, -0.05) is 92.2 Å². The quantitative estimate of drug-likeness (QED) is 0.120. The van der Waals surface area contributed by atoms with E-state index in [-0.39, 0.29) is 5.41 Å². The van der Waals surface area contributed by atoms with Crippen molar-refractivity contribution < 1.29 is 9.53 Å². The molecule has 0 aromatic heterocycles. The molecule has 0 bridgehead atoms. The molecule has 5 aliphatic rings. The van der Waals surface area contributed by atoms with Crippen LogP contribution in [0, 0.1) is 56.7 Å². The maximum absolute atomic E-state index is 10.5. The molecule has 0 aromatic rings. The molecule has 5 fully saturated rings. The zero-order valence-corrected chi connectivity index (χ0v) is 29.7. The van der Waals surface area contributed by atoms with Gasteiger partial charge in [0, 0.05) is 13.0 Å². The number of unbranched alkanes of at least 4 members (excludes halogenated alkanes) is 8. The summed E-state index contributed by atoms with van der Waals surface area (Å²) in [7, 11) is 0. The van der Waals surface area contributed by atoms with Crippen LogP contribution in [0.4, 0.5) is 0 Å². The van der Waals surface area contributed by atoms with Crippen LogP contribution in [0.3, 0.4) is 0 Å². The van der Waals surface area contributed by atoms with Crippen LogP contribution in [0.15, 0.2) is 12.2 Å². The van der Waals surface area contributed by atoms with E-state index in [0.29, 0.717) is 27.8 Å². The van der Waals surface area contributed by atoms with Gasteiger partial charge >= 0.3 is 0 Å². The molecule has 5 aliphatic carbocycles. The van der Waals surface area contributed by atoms with E-state index < -0.39 is 0 Å². The standard InChI is InChI=1S/C41H70O2/c1-30(2)31-20-23-38(5)26-27-40(7)32(36(31)38)18-19-34-39(6)24-22-35(37(3,4)33(39)21-25-41(34,40)8)43-29-17-15-13-11-9-10-12-14-16-28-42/h28,31-36H,1,9-27,29H2,2-8H3/t31-,32-,33+,34-,35+,36-,38+,39-,40+,41+/m0/s1. The van der Waals surface area contributed by atoms with E-state index in [1.54, 1.807) is 0 Å². The Hall–Kier alpha value is -0.630. The third kappa shape index (κ3) is 5.78. The maximum Gasteiger partial charge on any atom is 0.119 e. The van der Waals surface area contributed by atoms with Crippen LogP contribution in [0.5, 0.6) is 0 Å². The van der Waals surface area contributed by atoms with Gasteiger partial charge in [0.25, 0.3) is 0 Å². The minimum atomic E-state index is 0.259. The van der Waals surface area contributed by atoms with Crippen molar-refractivity contribution in [2.24, 2.45) is 56.7 Å². The summed E-state index contributed by atoms with van der Waals surface area (Å²) < 4.78 is 6.78. The van der Waals surface area contributed by atoms with Crippen molar-refractivity contribution >= 4 is 6.29 Å². The molecule has 0 aliphatic heterocycles. The van der Waals surface area contributed by atoms with Crippen molar-refractivity contribution in [2.45, 2.75) is 177 Å². The summed E-state index contributed by atoms with van der Waals surface area (Å²) in [5, 5.41) is 0. The molecule has 0 N–H and O–H groups in total. The smallest absolute Gasteiger partial charge is 0.119 e. The van der Waals surface area contributed by atoms with Crippen molar-refractivity contribution in [1.82, 2.24) is 0 Å². The minimum Gasteiger partial charge on any atom is -0.378 e. The van der Waals surface area contributed by atoms with Crippen molar-refractivity contribution in [3.05, 3.63) is 12.2 Å². The second-order valence-corrected chi connectivity index (χ2v) is 18.3. The lowest BCUT2D eigenvalue weighted by atomic mass is 9.32. The Bertz CT molecular complexity index is 982. The first-order valence-electron chi connectivity index (χ1n) is 19.1. The van der Waals surface area contributed by atoms with Crippen molar-refractivity contribution in [1.29, 1.82) is 0 Å². The number of aldehydes is 1. The van der Waals surface area contributed by atoms with E-state index in [9.17, 15) is 4.79 Å². The largest absolute Gasteiger partial charge is 0.378 e. The number of allylic oxidation sites excluding steroid dienone is 1. The van der Waals surface area contributed by atoms with Crippen LogP contribution in [0.1, 0.15) is 170 Å². The van der Waals surface area contributed by atoms with Gasteiger partial charge in [0.2, 0.25) is 0 Å². The average molecular weight is 595 g/mol. The second-order valence-electron chi connectivity index (χ2n) is 18.3. The van der Waals surface area contributed by atoms with Crippen molar-refractivity contribution in [3.63, 3.8) is 0 Å². The van der Waals surface area contributed by atoms with E-state index in [1.165, 1.54) is 115 Å². The Morgan fingerprint density at radius 2 is 1.40 bits per heavy atom. The molecule has 10 atom stereocenters. The topological polar surface area (TPSA) is 26.3 Å². The Morgan fingerprint density at radius 1 is 0.721 bits per heavy atom. The number of hydrogen-bond donors (Lipinski definition) is 0. The van der Waals surface area contributed by atoms with Crippen molar-refractivity contribution in [3.8, 4) is 0 Å². The second kappa shape index (κ2) is 12.9. The lowest BCUT2D eigenvalue weighted by molar-refractivity contribution is -0.250. The summed E-state index contributed by atoms with van der Waals surface area (Å²) in [5.41, 5.74) is 3.66. The Kier molecular flexibility index (Phi) is 10.1. The molecule has 5 saturated carbocycles. The predicted octanol–water partition coefficient (Wildman–Crippen LogP) is 11.8. The van der Waals surface area contributed by atoms with E-state index in [2.05, 4.69) is 55.0 Å². The van der Waals surface area contributed by atoms with Gasteiger partial charge in [-0.3, -0.25) is 0 Å². The first-order valence-corrected chi connectivity index (χ1v) is 19.1. The normalized spacial score (nSPS) is 45.0. The highest BCUT2D eigenvalue weighted by Crippen LogP contribution is 2.77. The van der Waals surface area contributed by atoms with E-state index in [1.807, 2.05) is 0 Å². The van der Waals surface area contributed by atoms with Crippen LogP contribution >= 0.6 is 0 Å². The van der Waals surface area contributed by atoms with Gasteiger partial charge in [0.1, 0.15) is 6.29 Å². The third-order valence-electron chi connectivity index (χ3n) is 16.0. The molecule has 5 rings (SSSR count). The molecule has 0 aromatic carbocycles. The Labute approximate surface area is 267 Å². The zero-order chi connectivity index (χ0) is 31.1. The van der Waals surface area contributed by atoms with Crippen LogP contribution in [0.25, 0.3) is 0 Å². The van der Waals surface area contributed by atoms with Gasteiger partial charge in [0.05, 0.1) is 6.10 Å². The van der Waals surface area contributed by atoms with Gasteiger partial charge in [-0.2, -0.15) is 0 Å². The molecular weight excluding hydrogens is 524 g/mol. The van der Waals surface area contributed by atoms with E-state index in [0.717, 1.165) is 55.3 Å². The molecule has 0 amide bonds. The Morgan fingerprint density at radius 3 is 2.07 bits per heavy atom. The van der Waals surface area contributed by atoms with Gasteiger partial charge < -0.3 is 9.53 Å². The van der Waals surface area contributed by atoms with Gasteiger partial charge in [0.15, 0.2) is 0 Å². The average Bonchev–Trinajstić information content (AvgIpc) is 3.31. The summed E-state index contributed by atoms with van der Waals surface area (Å²) in [6.45, 7) is 24.0. The maximum atomic E-state index is 10.5. The molecule has 0 radical (unpaired) electrons. The first-order chi connectivity index (χ1) is 20.3. The highest BCUT2D eigenvalue weighted by atomic mass is 16.5. The molecule has 2 nitrogen and oxygen atoms in total. The number of carbonyl (C=O) groups excluding carboxylic acids is 1. The third-order valence-corrected chi connectivity index (χ3v) is 16.0. The minimum absolute atomic E-state index is 0.259. The fourth-order valence-corrected chi connectivity index (χ4v) is 13.4. The summed E-state index contributed by atoms with van der Waals surface area (Å²) in [4.78, 5) is 10.5. The zero-order valence-electron chi connectivity index (χ0n) is 29.7. The van der Waals surface area contributed by atoms with Crippen molar-refractivity contribution in [2.75, 3.05) is 6.61 Å². The highest BCUT2D eigenvalue weighted by Gasteiger charge is 2.70. The van der Waals surface area contributed by atoms with Crippen LogP contribution in [-0.2, 0) is 9.53 Å². The molecular formula is C41H70O2. The molecule has 0 spiro atoms. The summed E-state index contributed by atoms with van der Waals surface area (Å²) >= 11 is 0. The predicted molar refractivity (Wildman–Crippen MR) is 182 cm³/mol. The summed E-state index contributed by atoms with van der Waals surface area (Å²) in [6, 6.07) is 0. The number of ether oxygens (including phenoxy) is 1. The SMILES string of the molecule is C=C(C)[C@@H]1CC[C@]2(C)CC[C@]3(C)[C@@H](CC[C@H]4[C@@]5(C)CC[C@@H](OCCCCCCCCCCC=O)C(C)(C)[C@H]5CC[C@]43C)[C@H]12. The number of fused-ring (bicyclic) bond motifs is 7. The summed E-state index contributed by atoms with van der Waals surface area (Å²) in [5.74, 6) is 4.13. The van der Waals surface area contributed by atoms with E-state index >= 15 is 0 Å². The number of carbonyl (C=O) groups is 1. The molecule has 0 heterocycles. The first kappa shape index (κ1) is 33.7. The lowest BCUT2D eigenvalue weighted by Gasteiger charge is -2.73. The van der Waals surface area contributed by atoms with Gasteiger partial charge in [-0.25, -0.2) is 0 Å². The summed E-state index contributed by atoms with van der Waals surface area (Å²) in [6.07, 6.45) is 26.4. The Balaban J connectivity index is 1.19. The molecule has 43 heavy (non-hydrogen) atoms.